The lowest BCUT2D eigenvalue weighted by molar-refractivity contribution is -0.160. The molecule has 1 aliphatic carbocycles. The van der Waals surface area contributed by atoms with Gasteiger partial charge in [-0.05, 0) is 43.9 Å². The van der Waals surface area contributed by atoms with E-state index in [2.05, 4.69) is 0 Å². The second kappa shape index (κ2) is 7.02. The summed E-state index contributed by atoms with van der Waals surface area (Å²) in [6.45, 7) is 1.70. The Morgan fingerprint density at radius 2 is 1.91 bits per heavy atom. The van der Waals surface area contributed by atoms with Crippen LogP contribution in [0.4, 0.5) is 0 Å². The molecule has 0 amide bonds. The number of esters is 1. The number of hydrogen-bond acceptors (Lipinski definition) is 5. The molecule has 1 aromatic carbocycles. The van der Waals surface area contributed by atoms with Crippen molar-refractivity contribution >= 4 is 11.8 Å². The highest BCUT2D eigenvalue weighted by Gasteiger charge is 2.47. The molecule has 1 aromatic rings. The fourth-order valence-electron chi connectivity index (χ4n) is 3.32. The zero-order valence-corrected chi connectivity index (χ0v) is 14.2. The van der Waals surface area contributed by atoms with Crippen LogP contribution in [0.2, 0.25) is 0 Å². The molecule has 2 rings (SSSR count). The Bertz CT molecular complexity index is 595. The van der Waals surface area contributed by atoms with Crippen molar-refractivity contribution in [2.75, 3.05) is 21.3 Å². The van der Waals surface area contributed by atoms with Crippen LogP contribution in [0.3, 0.4) is 0 Å². The van der Waals surface area contributed by atoms with Crippen LogP contribution in [0.1, 0.15) is 31.7 Å². The molecule has 1 fully saturated rings. The van der Waals surface area contributed by atoms with Crippen molar-refractivity contribution in [3.8, 4) is 11.5 Å². The minimum absolute atomic E-state index is 0.0228. The van der Waals surface area contributed by atoms with E-state index in [4.69, 9.17) is 14.2 Å². The molecule has 1 aliphatic rings. The summed E-state index contributed by atoms with van der Waals surface area (Å²) in [5.41, 5.74) is -0.0241. The van der Waals surface area contributed by atoms with Crippen molar-refractivity contribution in [2.45, 2.75) is 32.6 Å². The Morgan fingerprint density at radius 3 is 2.52 bits per heavy atom. The van der Waals surface area contributed by atoms with Gasteiger partial charge in [0, 0.05) is 5.92 Å². The Morgan fingerprint density at radius 1 is 1.22 bits per heavy atom. The molecule has 0 aliphatic heterocycles. The molecular weight excluding hydrogens is 296 g/mol. The van der Waals surface area contributed by atoms with Crippen molar-refractivity contribution in [3.63, 3.8) is 0 Å². The van der Waals surface area contributed by atoms with E-state index < -0.39 is 11.4 Å². The van der Waals surface area contributed by atoms with E-state index >= 15 is 0 Å². The third kappa shape index (κ3) is 3.33. The van der Waals surface area contributed by atoms with Gasteiger partial charge in [-0.15, -0.1) is 0 Å². The average molecular weight is 320 g/mol. The summed E-state index contributed by atoms with van der Waals surface area (Å²) in [6, 6.07) is 5.65. The van der Waals surface area contributed by atoms with Crippen LogP contribution in [-0.2, 0) is 20.7 Å². The number of methoxy groups -OCH3 is 3. The molecule has 0 saturated heterocycles. The third-order valence-corrected chi connectivity index (χ3v) is 4.71. The van der Waals surface area contributed by atoms with E-state index in [0.29, 0.717) is 24.3 Å². The first kappa shape index (κ1) is 17.3. The number of benzene rings is 1. The molecule has 5 heteroatoms. The zero-order chi connectivity index (χ0) is 17.0. The molecule has 126 valence electrons. The molecule has 0 heterocycles. The Kier molecular flexibility index (Phi) is 5.29. The minimum atomic E-state index is -1.02. The topological polar surface area (TPSA) is 61.8 Å². The van der Waals surface area contributed by atoms with Gasteiger partial charge in [0.1, 0.15) is 5.41 Å². The first-order valence-electron chi connectivity index (χ1n) is 7.80. The highest BCUT2D eigenvalue weighted by molar-refractivity contribution is 6.05. The van der Waals surface area contributed by atoms with Crippen LogP contribution in [0.5, 0.6) is 11.5 Å². The SMILES string of the molecule is COC(=O)[C@@]1(C)CCCC(Cc2ccc(OC)c(OC)c2)C1=O. The van der Waals surface area contributed by atoms with E-state index in [1.807, 2.05) is 18.2 Å². The molecule has 2 atom stereocenters. The highest BCUT2D eigenvalue weighted by atomic mass is 16.5. The number of carbonyl (C=O) groups excluding carboxylic acids is 2. The number of Topliss-reactive ketones (excluding diaryl/α,β-unsaturated/α-hetero) is 1. The fourth-order valence-corrected chi connectivity index (χ4v) is 3.32. The van der Waals surface area contributed by atoms with Gasteiger partial charge in [0.05, 0.1) is 21.3 Å². The van der Waals surface area contributed by atoms with Gasteiger partial charge in [0.2, 0.25) is 0 Å². The predicted octanol–water partition coefficient (Wildman–Crippen LogP) is 2.79. The molecule has 1 unspecified atom stereocenters. The summed E-state index contributed by atoms with van der Waals surface area (Å²) in [5.74, 6) is 0.672. The van der Waals surface area contributed by atoms with Crippen LogP contribution < -0.4 is 9.47 Å². The summed E-state index contributed by atoms with van der Waals surface area (Å²) in [4.78, 5) is 24.8. The largest absolute Gasteiger partial charge is 0.493 e. The second-order valence-electron chi connectivity index (χ2n) is 6.17. The summed E-state index contributed by atoms with van der Waals surface area (Å²) < 4.78 is 15.4. The molecule has 0 aromatic heterocycles. The molecule has 0 bridgehead atoms. The highest BCUT2D eigenvalue weighted by Crippen LogP contribution is 2.39. The molecule has 0 radical (unpaired) electrons. The maximum atomic E-state index is 12.8. The summed E-state index contributed by atoms with van der Waals surface area (Å²) >= 11 is 0. The molecule has 0 N–H and O–H groups in total. The van der Waals surface area contributed by atoms with E-state index in [-0.39, 0.29) is 11.7 Å². The summed E-state index contributed by atoms with van der Waals surface area (Å²) in [7, 11) is 4.50. The van der Waals surface area contributed by atoms with E-state index in [1.54, 1.807) is 21.1 Å². The number of rotatable bonds is 5. The first-order chi connectivity index (χ1) is 11.0. The van der Waals surface area contributed by atoms with Gasteiger partial charge in [-0.25, -0.2) is 0 Å². The van der Waals surface area contributed by atoms with Gasteiger partial charge in [-0.1, -0.05) is 12.5 Å². The number of ketones is 1. The van der Waals surface area contributed by atoms with Crippen LogP contribution in [0, 0.1) is 11.3 Å². The van der Waals surface area contributed by atoms with Crippen molar-refractivity contribution in [1.82, 2.24) is 0 Å². The number of ether oxygens (including phenoxy) is 3. The van der Waals surface area contributed by atoms with Crippen molar-refractivity contribution in [2.24, 2.45) is 11.3 Å². The van der Waals surface area contributed by atoms with Crippen molar-refractivity contribution in [3.05, 3.63) is 23.8 Å². The molecule has 5 nitrogen and oxygen atoms in total. The summed E-state index contributed by atoms with van der Waals surface area (Å²) in [5, 5.41) is 0. The Balaban J connectivity index is 2.19. The predicted molar refractivity (Wildman–Crippen MR) is 85.7 cm³/mol. The second-order valence-corrected chi connectivity index (χ2v) is 6.17. The Labute approximate surface area is 136 Å². The molecule has 1 saturated carbocycles. The van der Waals surface area contributed by atoms with Crippen molar-refractivity contribution < 1.29 is 23.8 Å². The first-order valence-corrected chi connectivity index (χ1v) is 7.80. The smallest absolute Gasteiger partial charge is 0.319 e. The molecule has 0 spiro atoms. The zero-order valence-electron chi connectivity index (χ0n) is 14.2. The van der Waals surface area contributed by atoms with Gasteiger partial charge >= 0.3 is 5.97 Å². The Hall–Kier alpha value is -2.04. The normalized spacial score (nSPS) is 24.2. The van der Waals surface area contributed by atoms with Gasteiger partial charge in [-0.2, -0.15) is 0 Å². The maximum Gasteiger partial charge on any atom is 0.319 e. The monoisotopic (exact) mass is 320 g/mol. The van der Waals surface area contributed by atoms with Crippen LogP contribution in [-0.4, -0.2) is 33.1 Å². The van der Waals surface area contributed by atoms with Crippen molar-refractivity contribution in [1.29, 1.82) is 0 Å². The molecule has 23 heavy (non-hydrogen) atoms. The van der Waals surface area contributed by atoms with Crippen LogP contribution in [0.15, 0.2) is 18.2 Å². The third-order valence-electron chi connectivity index (χ3n) is 4.71. The molecular formula is C18H24O5. The van der Waals surface area contributed by atoms with Gasteiger partial charge in [-0.3, -0.25) is 9.59 Å². The fraction of sp³-hybridized carbons (Fsp3) is 0.556. The van der Waals surface area contributed by atoms with E-state index in [1.165, 1.54) is 7.11 Å². The lowest BCUT2D eigenvalue weighted by Crippen LogP contribution is -2.44. The maximum absolute atomic E-state index is 12.8. The average Bonchev–Trinajstić information content (AvgIpc) is 2.58. The standard InChI is InChI=1S/C18H24O5/c1-18(17(20)23-4)9-5-6-13(16(18)19)10-12-7-8-14(21-2)15(11-12)22-3/h7-8,11,13H,5-6,9-10H2,1-4H3/t13?,18-/m0/s1. The lowest BCUT2D eigenvalue weighted by Gasteiger charge is -2.34. The summed E-state index contributed by atoms with van der Waals surface area (Å²) in [6.07, 6.45) is 2.78. The van der Waals surface area contributed by atoms with Crippen LogP contribution >= 0.6 is 0 Å². The van der Waals surface area contributed by atoms with Gasteiger partial charge < -0.3 is 14.2 Å². The van der Waals surface area contributed by atoms with Crippen LogP contribution in [0.25, 0.3) is 0 Å². The van der Waals surface area contributed by atoms with Gasteiger partial charge in [0.25, 0.3) is 0 Å². The number of hydrogen-bond donors (Lipinski definition) is 0. The lowest BCUT2D eigenvalue weighted by atomic mass is 9.68. The van der Waals surface area contributed by atoms with Gasteiger partial charge in [0.15, 0.2) is 17.3 Å². The minimum Gasteiger partial charge on any atom is -0.493 e. The van der Waals surface area contributed by atoms with E-state index in [9.17, 15) is 9.59 Å². The van der Waals surface area contributed by atoms with E-state index in [0.717, 1.165) is 18.4 Å². The quantitative estimate of drug-likeness (QED) is 0.617. The number of carbonyl (C=O) groups is 2.